The molecule has 3 nitrogen and oxygen atoms in total. The van der Waals surface area contributed by atoms with E-state index in [0.717, 1.165) is 16.3 Å². The van der Waals surface area contributed by atoms with Crippen molar-refractivity contribution in [2.24, 2.45) is 0 Å². The smallest absolute Gasteiger partial charge is 0.272 e. The zero-order chi connectivity index (χ0) is 14.5. The first kappa shape index (κ1) is 14.7. The van der Waals surface area contributed by atoms with Crippen LogP contribution in [0.15, 0.2) is 30.5 Å². The van der Waals surface area contributed by atoms with E-state index in [1.54, 1.807) is 6.20 Å². The van der Waals surface area contributed by atoms with Gasteiger partial charge in [0.05, 0.1) is 0 Å². The van der Waals surface area contributed by atoms with E-state index in [9.17, 15) is 8.78 Å². The summed E-state index contributed by atoms with van der Waals surface area (Å²) in [5, 5.41) is 5.06. The van der Waals surface area contributed by atoms with E-state index in [0.29, 0.717) is 12.6 Å². The molecule has 0 aliphatic heterocycles. The molecule has 1 heterocycles. The van der Waals surface area contributed by atoms with Crippen molar-refractivity contribution < 1.29 is 13.5 Å². The van der Waals surface area contributed by atoms with Gasteiger partial charge in [0.15, 0.2) is 6.61 Å². The van der Waals surface area contributed by atoms with Crippen molar-refractivity contribution in [2.45, 2.75) is 32.9 Å². The lowest BCUT2D eigenvalue weighted by Crippen LogP contribution is -2.22. The summed E-state index contributed by atoms with van der Waals surface area (Å²) < 4.78 is 29.6. The summed E-state index contributed by atoms with van der Waals surface area (Å²) in [5.74, 6) is 0.259. The Bertz CT molecular complexity index is 522. The van der Waals surface area contributed by atoms with Crippen LogP contribution in [0.5, 0.6) is 5.88 Å². The zero-order valence-corrected chi connectivity index (χ0v) is 11.6. The topological polar surface area (TPSA) is 34.2 Å². The molecule has 0 aliphatic carbocycles. The average molecular weight is 280 g/mol. The SMILES string of the molecule is CC(C)NCc1cnc(OCC(F)F)c2ccccc12. The maximum atomic E-state index is 12.2. The number of halogens is 2. The fourth-order valence-corrected chi connectivity index (χ4v) is 1.94. The largest absolute Gasteiger partial charge is 0.471 e. The van der Waals surface area contributed by atoms with Crippen LogP contribution in [0.2, 0.25) is 0 Å². The molecule has 0 saturated heterocycles. The quantitative estimate of drug-likeness (QED) is 0.881. The van der Waals surface area contributed by atoms with Crippen LogP contribution in [0.1, 0.15) is 19.4 Å². The molecule has 5 heteroatoms. The van der Waals surface area contributed by atoms with Gasteiger partial charge in [0.2, 0.25) is 5.88 Å². The molecule has 0 fully saturated rings. The summed E-state index contributed by atoms with van der Waals surface area (Å²) in [4.78, 5) is 4.16. The molecule has 0 atom stereocenters. The van der Waals surface area contributed by atoms with Crippen LogP contribution < -0.4 is 10.1 Å². The summed E-state index contributed by atoms with van der Waals surface area (Å²) in [7, 11) is 0. The second-order valence-electron chi connectivity index (χ2n) is 4.87. The van der Waals surface area contributed by atoms with E-state index < -0.39 is 13.0 Å². The minimum atomic E-state index is -2.50. The number of alkyl halides is 2. The van der Waals surface area contributed by atoms with E-state index in [2.05, 4.69) is 24.1 Å². The summed E-state index contributed by atoms with van der Waals surface area (Å²) in [6.45, 7) is 4.17. The van der Waals surface area contributed by atoms with Gasteiger partial charge in [-0.05, 0) is 17.0 Å². The third-order valence-electron chi connectivity index (χ3n) is 2.89. The number of nitrogens with zero attached hydrogens (tertiary/aromatic N) is 1. The Morgan fingerprint density at radius 1 is 1.20 bits per heavy atom. The minimum absolute atomic E-state index is 0.259. The van der Waals surface area contributed by atoms with Crippen LogP contribution in [0.3, 0.4) is 0 Å². The molecule has 1 aromatic heterocycles. The molecule has 0 bridgehead atoms. The summed E-state index contributed by atoms with van der Waals surface area (Å²) in [6, 6.07) is 7.91. The van der Waals surface area contributed by atoms with E-state index in [4.69, 9.17) is 4.74 Å². The van der Waals surface area contributed by atoms with Crippen molar-refractivity contribution in [3.8, 4) is 5.88 Å². The molecule has 2 rings (SSSR count). The zero-order valence-electron chi connectivity index (χ0n) is 11.6. The number of pyridine rings is 1. The lowest BCUT2D eigenvalue weighted by molar-refractivity contribution is 0.0804. The predicted octanol–water partition coefficient (Wildman–Crippen LogP) is 3.38. The van der Waals surface area contributed by atoms with E-state index in [1.807, 2.05) is 24.3 Å². The van der Waals surface area contributed by atoms with Gasteiger partial charge in [-0.25, -0.2) is 13.8 Å². The summed E-state index contributed by atoms with van der Waals surface area (Å²) in [5.41, 5.74) is 1.03. The maximum absolute atomic E-state index is 12.2. The Labute approximate surface area is 117 Å². The standard InChI is InChI=1S/C15H18F2N2O/c1-10(2)18-7-11-8-19-15(20-9-14(16)17)13-6-4-3-5-12(11)13/h3-6,8,10,14,18H,7,9H2,1-2H3. The first-order valence-corrected chi connectivity index (χ1v) is 6.59. The predicted molar refractivity (Wildman–Crippen MR) is 75.2 cm³/mol. The van der Waals surface area contributed by atoms with Crippen LogP contribution in [-0.4, -0.2) is 24.1 Å². The number of nitrogens with one attached hydrogen (secondary N) is 1. The highest BCUT2D eigenvalue weighted by Gasteiger charge is 2.10. The van der Waals surface area contributed by atoms with Gasteiger partial charge in [0, 0.05) is 24.2 Å². The molecule has 0 radical (unpaired) electrons. The van der Waals surface area contributed by atoms with E-state index in [-0.39, 0.29) is 5.88 Å². The van der Waals surface area contributed by atoms with Gasteiger partial charge < -0.3 is 10.1 Å². The van der Waals surface area contributed by atoms with Crippen LogP contribution in [-0.2, 0) is 6.54 Å². The normalized spacial score (nSPS) is 11.5. The third-order valence-corrected chi connectivity index (χ3v) is 2.89. The van der Waals surface area contributed by atoms with Crippen LogP contribution in [0, 0.1) is 0 Å². The summed E-state index contributed by atoms with van der Waals surface area (Å²) >= 11 is 0. The molecule has 108 valence electrons. The fourth-order valence-electron chi connectivity index (χ4n) is 1.94. The van der Waals surface area contributed by atoms with Gasteiger partial charge in [-0.2, -0.15) is 0 Å². The number of hydrogen-bond donors (Lipinski definition) is 1. The maximum Gasteiger partial charge on any atom is 0.272 e. The van der Waals surface area contributed by atoms with Crippen molar-refractivity contribution in [1.82, 2.24) is 10.3 Å². The highest BCUT2D eigenvalue weighted by Crippen LogP contribution is 2.26. The number of fused-ring (bicyclic) bond motifs is 1. The lowest BCUT2D eigenvalue weighted by Gasteiger charge is -2.13. The molecule has 1 aromatic carbocycles. The Balaban J connectivity index is 2.31. The monoisotopic (exact) mass is 280 g/mol. The van der Waals surface area contributed by atoms with Crippen LogP contribution >= 0.6 is 0 Å². The molecule has 20 heavy (non-hydrogen) atoms. The average Bonchev–Trinajstić information content (AvgIpc) is 2.43. The van der Waals surface area contributed by atoms with Gasteiger partial charge in [0.25, 0.3) is 6.43 Å². The Kier molecular flexibility index (Phi) is 4.84. The molecule has 0 saturated carbocycles. The second kappa shape index (κ2) is 6.61. The highest BCUT2D eigenvalue weighted by atomic mass is 19.3. The van der Waals surface area contributed by atoms with Gasteiger partial charge in [-0.1, -0.05) is 32.0 Å². The Hall–Kier alpha value is -1.75. The van der Waals surface area contributed by atoms with E-state index in [1.165, 1.54) is 0 Å². The van der Waals surface area contributed by atoms with Gasteiger partial charge in [0.1, 0.15) is 0 Å². The highest BCUT2D eigenvalue weighted by molar-refractivity contribution is 5.89. The number of benzene rings is 1. The molecule has 0 amide bonds. The Morgan fingerprint density at radius 3 is 2.55 bits per heavy atom. The van der Waals surface area contributed by atoms with Crippen molar-refractivity contribution in [3.05, 3.63) is 36.0 Å². The minimum Gasteiger partial charge on any atom is -0.471 e. The number of rotatable bonds is 6. The van der Waals surface area contributed by atoms with Crippen LogP contribution in [0.4, 0.5) is 8.78 Å². The van der Waals surface area contributed by atoms with Gasteiger partial charge >= 0.3 is 0 Å². The van der Waals surface area contributed by atoms with Crippen LogP contribution in [0.25, 0.3) is 10.8 Å². The molecule has 2 aromatic rings. The first-order valence-electron chi connectivity index (χ1n) is 6.59. The second-order valence-corrected chi connectivity index (χ2v) is 4.87. The first-order chi connectivity index (χ1) is 9.58. The van der Waals surface area contributed by atoms with Gasteiger partial charge in [-0.15, -0.1) is 0 Å². The molecule has 0 unspecified atom stereocenters. The number of ether oxygens (including phenoxy) is 1. The van der Waals surface area contributed by atoms with Crippen molar-refractivity contribution in [3.63, 3.8) is 0 Å². The molecular weight excluding hydrogens is 262 g/mol. The van der Waals surface area contributed by atoms with Gasteiger partial charge in [-0.3, -0.25) is 0 Å². The molecule has 0 spiro atoms. The lowest BCUT2D eigenvalue weighted by atomic mass is 10.1. The molecule has 0 aliphatic rings. The Morgan fingerprint density at radius 2 is 1.90 bits per heavy atom. The van der Waals surface area contributed by atoms with Crippen molar-refractivity contribution in [2.75, 3.05) is 6.61 Å². The van der Waals surface area contributed by atoms with E-state index >= 15 is 0 Å². The molecule has 1 N–H and O–H groups in total. The molecular formula is C15H18F2N2O. The number of hydrogen-bond acceptors (Lipinski definition) is 3. The van der Waals surface area contributed by atoms with Crippen molar-refractivity contribution in [1.29, 1.82) is 0 Å². The number of aromatic nitrogens is 1. The third kappa shape index (κ3) is 3.63. The van der Waals surface area contributed by atoms with Crippen molar-refractivity contribution >= 4 is 10.8 Å². The fraction of sp³-hybridized carbons (Fsp3) is 0.400. The summed E-state index contributed by atoms with van der Waals surface area (Å²) in [6.07, 6.45) is -0.823.